The minimum Gasteiger partial charge on any atom is -0.339 e. The number of halogens is 2. The molecular formula is C18H24Cl2N4O2. The monoisotopic (exact) mass is 398 g/mol. The van der Waals surface area contributed by atoms with Gasteiger partial charge in [-0.3, -0.25) is 4.79 Å². The molecule has 0 spiro atoms. The fourth-order valence-electron chi connectivity index (χ4n) is 3.09. The van der Waals surface area contributed by atoms with Crippen LogP contribution in [0.3, 0.4) is 0 Å². The molecule has 6 nitrogen and oxygen atoms in total. The average Bonchev–Trinajstić information content (AvgIpc) is 3.30. The van der Waals surface area contributed by atoms with Crippen molar-refractivity contribution in [3.63, 3.8) is 0 Å². The third-order valence-corrected chi connectivity index (χ3v) is 4.64. The molecule has 1 aliphatic heterocycles. The Hall–Kier alpha value is -1.63. The lowest BCUT2D eigenvalue weighted by Crippen LogP contribution is -2.42. The van der Waals surface area contributed by atoms with E-state index in [9.17, 15) is 4.79 Å². The Balaban J connectivity index is 0.00000243. The maximum atomic E-state index is 12.6. The van der Waals surface area contributed by atoms with Gasteiger partial charge in [-0.25, -0.2) is 0 Å². The zero-order valence-electron chi connectivity index (χ0n) is 14.8. The summed E-state index contributed by atoms with van der Waals surface area (Å²) in [5.74, 6) is 1.16. The van der Waals surface area contributed by atoms with Crippen LogP contribution in [-0.2, 0) is 11.2 Å². The summed E-state index contributed by atoms with van der Waals surface area (Å²) < 4.78 is 5.29. The second-order valence-corrected chi connectivity index (χ2v) is 6.69. The molecule has 2 heterocycles. The number of rotatable bonds is 7. The number of hydrogen-bond donors (Lipinski definition) is 1. The zero-order valence-corrected chi connectivity index (χ0v) is 16.4. The molecule has 8 heteroatoms. The highest BCUT2D eigenvalue weighted by atomic mass is 35.5. The first-order valence-corrected chi connectivity index (χ1v) is 9.14. The van der Waals surface area contributed by atoms with E-state index in [4.69, 9.17) is 16.1 Å². The molecule has 1 aromatic carbocycles. The van der Waals surface area contributed by atoms with Crippen molar-refractivity contribution >= 4 is 29.9 Å². The molecule has 1 amide bonds. The second-order valence-electron chi connectivity index (χ2n) is 6.25. The standard InChI is InChI=1S/C18H23ClN4O2.ClH/c1-2-11-23(15-9-10-20-12-15)17(24)8-7-16-21-18(22-25-16)13-3-5-14(19)6-4-13;/h3-6,15,20H,2,7-12H2,1H3;1H. The summed E-state index contributed by atoms with van der Waals surface area (Å²) in [5.41, 5.74) is 0.843. The van der Waals surface area contributed by atoms with Gasteiger partial charge in [0, 0.05) is 42.6 Å². The molecule has 1 unspecified atom stereocenters. The summed E-state index contributed by atoms with van der Waals surface area (Å²) in [6.07, 6.45) is 2.83. The number of amides is 1. The fraction of sp³-hybridized carbons (Fsp3) is 0.500. The van der Waals surface area contributed by atoms with Crippen LogP contribution in [0.2, 0.25) is 5.02 Å². The summed E-state index contributed by atoms with van der Waals surface area (Å²) >= 11 is 5.89. The van der Waals surface area contributed by atoms with E-state index < -0.39 is 0 Å². The van der Waals surface area contributed by atoms with Crippen LogP contribution in [0.5, 0.6) is 0 Å². The summed E-state index contributed by atoms with van der Waals surface area (Å²) in [7, 11) is 0. The quantitative estimate of drug-likeness (QED) is 0.773. The molecule has 0 bridgehead atoms. The Kier molecular flexibility index (Phi) is 7.87. The van der Waals surface area contributed by atoms with Gasteiger partial charge in [0.2, 0.25) is 17.6 Å². The molecule has 2 aromatic rings. The van der Waals surface area contributed by atoms with Crippen molar-refractivity contribution in [2.75, 3.05) is 19.6 Å². The van der Waals surface area contributed by atoms with E-state index in [1.807, 2.05) is 17.0 Å². The lowest BCUT2D eigenvalue weighted by atomic mass is 10.1. The number of nitrogens with one attached hydrogen (secondary N) is 1. The summed E-state index contributed by atoms with van der Waals surface area (Å²) in [6.45, 7) is 4.75. The van der Waals surface area contributed by atoms with Crippen LogP contribution in [-0.4, -0.2) is 46.6 Å². The number of carbonyl (C=O) groups is 1. The fourth-order valence-corrected chi connectivity index (χ4v) is 3.21. The Labute approximate surface area is 164 Å². The molecule has 3 rings (SSSR count). The zero-order chi connectivity index (χ0) is 17.6. The second kappa shape index (κ2) is 9.90. The normalized spacial score (nSPS) is 16.3. The number of aryl methyl sites for hydroxylation is 1. The minimum absolute atomic E-state index is 0. The smallest absolute Gasteiger partial charge is 0.227 e. The van der Waals surface area contributed by atoms with E-state index >= 15 is 0 Å². The van der Waals surface area contributed by atoms with E-state index in [0.717, 1.165) is 38.0 Å². The van der Waals surface area contributed by atoms with Crippen molar-refractivity contribution in [1.82, 2.24) is 20.4 Å². The van der Waals surface area contributed by atoms with Gasteiger partial charge in [0.1, 0.15) is 0 Å². The number of nitrogens with zero attached hydrogens (tertiary/aromatic N) is 3. The number of hydrogen-bond acceptors (Lipinski definition) is 5. The van der Waals surface area contributed by atoms with Crippen LogP contribution in [0.1, 0.15) is 32.1 Å². The minimum atomic E-state index is 0. The molecule has 0 radical (unpaired) electrons. The highest BCUT2D eigenvalue weighted by Gasteiger charge is 2.25. The molecule has 1 fully saturated rings. The van der Waals surface area contributed by atoms with Gasteiger partial charge in [-0.2, -0.15) is 4.98 Å². The first-order valence-electron chi connectivity index (χ1n) is 8.76. The van der Waals surface area contributed by atoms with Gasteiger partial charge in [-0.05, 0) is 43.7 Å². The van der Waals surface area contributed by atoms with Gasteiger partial charge < -0.3 is 14.7 Å². The van der Waals surface area contributed by atoms with Crippen LogP contribution in [0.25, 0.3) is 11.4 Å². The molecule has 1 aliphatic rings. The Bertz CT molecular complexity index is 699. The summed E-state index contributed by atoms with van der Waals surface area (Å²) in [5, 5.41) is 7.97. The maximum absolute atomic E-state index is 12.6. The van der Waals surface area contributed by atoms with E-state index in [-0.39, 0.29) is 18.3 Å². The molecule has 1 N–H and O–H groups in total. The number of benzene rings is 1. The molecular weight excluding hydrogens is 375 g/mol. The van der Waals surface area contributed by atoms with Gasteiger partial charge in [0.25, 0.3) is 0 Å². The van der Waals surface area contributed by atoms with Crippen LogP contribution < -0.4 is 5.32 Å². The van der Waals surface area contributed by atoms with Crippen molar-refractivity contribution < 1.29 is 9.32 Å². The van der Waals surface area contributed by atoms with Gasteiger partial charge >= 0.3 is 0 Å². The van der Waals surface area contributed by atoms with Gasteiger partial charge in [-0.1, -0.05) is 23.7 Å². The van der Waals surface area contributed by atoms with Crippen LogP contribution in [0.15, 0.2) is 28.8 Å². The van der Waals surface area contributed by atoms with Gasteiger partial charge in [0.15, 0.2) is 0 Å². The van der Waals surface area contributed by atoms with Crippen molar-refractivity contribution in [2.45, 2.75) is 38.6 Å². The van der Waals surface area contributed by atoms with E-state index in [1.165, 1.54) is 0 Å². The van der Waals surface area contributed by atoms with Gasteiger partial charge in [-0.15, -0.1) is 12.4 Å². The lowest BCUT2D eigenvalue weighted by Gasteiger charge is -2.28. The van der Waals surface area contributed by atoms with Crippen molar-refractivity contribution in [3.05, 3.63) is 35.2 Å². The van der Waals surface area contributed by atoms with E-state index in [0.29, 0.717) is 35.6 Å². The van der Waals surface area contributed by atoms with Crippen molar-refractivity contribution in [1.29, 1.82) is 0 Å². The predicted octanol–water partition coefficient (Wildman–Crippen LogP) is 3.34. The predicted molar refractivity (Wildman–Crippen MR) is 104 cm³/mol. The van der Waals surface area contributed by atoms with E-state index in [2.05, 4.69) is 22.4 Å². The third kappa shape index (κ3) is 5.19. The Morgan fingerprint density at radius 2 is 2.15 bits per heavy atom. The third-order valence-electron chi connectivity index (χ3n) is 4.38. The molecule has 1 atom stereocenters. The highest BCUT2D eigenvalue weighted by molar-refractivity contribution is 6.30. The maximum Gasteiger partial charge on any atom is 0.227 e. The van der Waals surface area contributed by atoms with Crippen molar-refractivity contribution in [2.24, 2.45) is 0 Å². The topological polar surface area (TPSA) is 71.3 Å². The highest BCUT2D eigenvalue weighted by Crippen LogP contribution is 2.19. The SMILES string of the molecule is CCCN(C(=O)CCc1nc(-c2ccc(Cl)cc2)no1)C1CCNC1.Cl. The molecule has 26 heavy (non-hydrogen) atoms. The number of aromatic nitrogens is 2. The molecule has 1 aromatic heterocycles. The Morgan fingerprint density at radius 3 is 2.81 bits per heavy atom. The molecule has 0 saturated carbocycles. The van der Waals surface area contributed by atoms with E-state index in [1.54, 1.807) is 12.1 Å². The van der Waals surface area contributed by atoms with Crippen molar-refractivity contribution in [3.8, 4) is 11.4 Å². The molecule has 1 saturated heterocycles. The molecule has 0 aliphatic carbocycles. The first-order chi connectivity index (χ1) is 12.2. The van der Waals surface area contributed by atoms with Crippen LogP contribution in [0, 0.1) is 0 Å². The van der Waals surface area contributed by atoms with Gasteiger partial charge in [0.05, 0.1) is 0 Å². The van der Waals surface area contributed by atoms with Crippen LogP contribution in [0.4, 0.5) is 0 Å². The summed E-state index contributed by atoms with van der Waals surface area (Å²) in [4.78, 5) is 19.0. The lowest BCUT2D eigenvalue weighted by molar-refractivity contribution is -0.133. The van der Waals surface area contributed by atoms with Crippen LogP contribution >= 0.6 is 24.0 Å². The summed E-state index contributed by atoms with van der Waals surface area (Å²) in [6, 6.07) is 7.57. The largest absolute Gasteiger partial charge is 0.339 e. The average molecular weight is 399 g/mol. The Morgan fingerprint density at radius 1 is 1.38 bits per heavy atom. The number of carbonyl (C=O) groups excluding carboxylic acids is 1. The molecule has 142 valence electrons. The first kappa shape index (κ1) is 20.7.